The molecule has 0 saturated carbocycles. The number of carbonyl (C=O) groups is 1. The van der Waals surface area contributed by atoms with E-state index in [1.54, 1.807) is 18.0 Å². The molecule has 8 heteroatoms. The Bertz CT molecular complexity index is 566. The van der Waals surface area contributed by atoms with Gasteiger partial charge < -0.3 is 9.84 Å². The standard InChI is InChI=1S/C16H21F3N2O3/c1-20(11-15(22)23)9-14-10-21(5-6-24-14)8-12-3-2-4-13(7-12)16(17,18)19/h2-4,7,14H,5-6,8-11H2,1H3,(H,22,23). The van der Waals surface area contributed by atoms with E-state index in [0.29, 0.717) is 38.3 Å². The van der Waals surface area contributed by atoms with Gasteiger partial charge in [0.25, 0.3) is 0 Å². The molecule has 134 valence electrons. The van der Waals surface area contributed by atoms with Gasteiger partial charge in [0, 0.05) is 26.2 Å². The predicted molar refractivity (Wildman–Crippen MR) is 81.6 cm³/mol. The molecule has 1 saturated heterocycles. The number of nitrogens with zero attached hydrogens (tertiary/aromatic N) is 2. The van der Waals surface area contributed by atoms with Crippen molar-refractivity contribution >= 4 is 5.97 Å². The highest BCUT2D eigenvalue weighted by Gasteiger charge is 2.30. The molecule has 24 heavy (non-hydrogen) atoms. The number of likely N-dealkylation sites (N-methyl/N-ethyl adjacent to an activating group) is 1. The summed E-state index contributed by atoms with van der Waals surface area (Å²) in [4.78, 5) is 14.4. The fourth-order valence-electron chi connectivity index (χ4n) is 2.78. The van der Waals surface area contributed by atoms with Gasteiger partial charge in [-0.25, -0.2) is 0 Å². The molecule has 1 aromatic carbocycles. The Hall–Kier alpha value is -1.64. The van der Waals surface area contributed by atoms with Crippen LogP contribution in [-0.2, 0) is 22.3 Å². The average molecular weight is 346 g/mol. The van der Waals surface area contributed by atoms with Crippen LogP contribution >= 0.6 is 0 Å². The number of benzene rings is 1. The molecule has 0 aromatic heterocycles. The smallest absolute Gasteiger partial charge is 0.416 e. The molecular weight excluding hydrogens is 325 g/mol. The molecule has 0 amide bonds. The van der Waals surface area contributed by atoms with Gasteiger partial charge in [-0.3, -0.25) is 14.6 Å². The number of alkyl halides is 3. The molecule has 5 nitrogen and oxygen atoms in total. The molecular formula is C16H21F3N2O3. The number of halogens is 3. The van der Waals surface area contributed by atoms with Gasteiger partial charge in [0.15, 0.2) is 0 Å². The Morgan fingerprint density at radius 2 is 2.21 bits per heavy atom. The second-order valence-corrected chi connectivity index (χ2v) is 6.02. The molecule has 1 fully saturated rings. The normalized spacial score (nSPS) is 19.6. The monoisotopic (exact) mass is 346 g/mol. The number of aliphatic carboxylic acids is 1. The molecule has 0 radical (unpaired) electrons. The van der Waals surface area contributed by atoms with Crippen molar-refractivity contribution in [3.8, 4) is 0 Å². The Balaban J connectivity index is 1.92. The summed E-state index contributed by atoms with van der Waals surface area (Å²) < 4.78 is 43.9. The summed E-state index contributed by atoms with van der Waals surface area (Å²) in [5, 5.41) is 8.77. The lowest BCUT2D eigenvalue weighted by atomic mass is 10.1. The van der Waals surface area contributed by atoms with Crippen LogP contribution in [0, 0.1) is 0 Å². The summed E-state index contributed by atoms with van der Waals surface area (Å²) in [6.07, 6.45) is -4.50. The van der Waals surface area contributed by atoms with Crippen molar-refractivity contribution in [2.24, 2.45) is 0 Å². The lowest BCUT2D eigenvalue weighted by Crippen LogP contribution is -2.47. The molecule has 0 bridgehead atoms. The highest BCUT2D eigenvalue weighted by atomic mass is 19.4. The number of carboxylic acid groups (broad SMARTS) is 1. The van der Waals surface area contributed by atoms with Crippen LogP contribution < -0.4 is 0 Å². The van der Waals surface area contributed by atoms with Gasteiger partial charge in [-0.05, 0) is 18.7 Å². The first-order chi connectivity index (χ1) is 11.2. The quantitative estimate of drug-likeness (QED) is 0.853. The molecule has 1 aliphatic heterocycles. The van der Waals surface area contributed by atoms with Crippen LogP contribution in [0.5, 0.6) is 0 Å². The summed E-state index contributed by atoms with van der Waals surface area (Å²) in [7, 11) is 1.70. The summed E-state index contributed by atoms with van der Waals surface area (Å²) in [6.45, 7) is 2.46. The third-order valence-electron chi connectivity index (χ3n) is 3.80. The van der Waals surface area contributed by atoms with Crippen LogP contribution in [0.15, 0.2) is 24.3 Å². The zero-order valence-electron chi connectivity index (χ0n) is 13.4. The fourth-order valence-corrected chi connectivity index (χ4v) is 2.78. The largest absolute Gasteiger partial charge is 0.480 e. The van der Waals surface area contributed by atoms with Crippen molar-refractivity contribution in [1.82, 2.24) is 9.80 Å². The van der Waals surface area contributed by atoms with Gasteiger partial charge in [0.2, 0.25) is 0 Å². The van der Waals surface area contributed by atoms with Crippen LogP contribution in [0.1, 0.15) is 11.1 Å². The molecule has 1 heterocycles. The lowest BCUT2D eigenvalue weighted by molar-refractivity contribution is -0.139. The second-order valence-electron chi connectivity index (χ2n) is 6.02. The Morgan fingerprint density at radius 3 is 2.88 bits per heavy atom. The first-order valence-corrected chi connectivity index (χ1v) is 7.64. The highest BCUT2D eigenvalue weighted by molar-refractivity contribution is 5.69. The van der Waals surface area contributed by atoms with E-state index in [1.165, 1.54) is 12.1 Å². The Morgan fingerprint density at radius 1 is 1.46 bits per heavy atom. The molecule has 1 N–H and O–H groups in total. The minimum Gasteiger partial charge on any atom is -0.480 e. The summed E-state index contributed by atoms with van der Waals surface area (Å²) >= 11 is 0. The maximum absolute atomic E-state index is 12.8. The topological polar surface area (TPSA) is 53.0 Å². The van der Waals surface area contributed by atoms with E-state index < -0.39 is 17.7 Å². The van der Waals surface area contributed by atoms with Crippen LogP contribution in [-0.4, -0.2) is 66.8 Å². The Labute approximate surface area is 138 Å². The Kier molecular flexibility index (Phi) is 6.20. The second kappa shape index (κ2) is 7.96. The van der Waals surface area contributed by atoms with Crippen molar-refractivity contribution in [1.29, 1.82) is 0 Å². The number of morpholine rings is 1. The highest BCUT2D eigenvalue weighted by Crippen LogP contribution is 2.29. The van der Waals surface area contributed by atoms with E-state index in [4.69, 9.17) is 9.84 Å². The third kappa shape index (κ3) is 5.77. The maximum atomic E-state index is 12.8. The number of carboxylic acids is 1. The number of ether oxygens (including phenoxy) is 1. The number of rotatable bonds is 6. The van der Waals surface area contributed by atoms with E-state index >= 15 is 0 Å². The van der Waals surface area contributed by atoms with E-state index in [0.717, 1.165) is 6.07 Å². The van der Waals surface area contributed by atoms with Crippen molar-refractivity contribution in [3.05, 3.63) is 35.4 Å². The summed E-state index contributed by atoms with van der Waals surface area (Å²) in [6, 6.07) is 5.32. The fraction of sp³-hybridized carbons (Fsp3) is 0.562. The summed E-state index contributed by atoms with van der Waals surface area (Å²) in [5.74, 6) is -0.908. The first-order valence-electron chi connectivity index (χ1n) is 7.64. The van der Waals surface area contributed by atoms with Gasteiger partial charge in [0.1, 0.15) is 0 Å². The van der Waals surface area contributed by atoms with Gasteiger partial charge in [-0.1, -0.05) is 18.2 Å². The molecule has 0 spiro atoms. The minimum absolute atomic E-state index is 0.0759. The van der Waals surface area contributed by atoms with Crippen molar-refractivity contribution in [2.75, 3.05) is 39.8 Å². The van der Waals surface area contributed by atoms with E-state index in [2.05, 4.69) is 0 Å². The van der Waals surface area contributed by atoms with E-state index in [-0.39, 0.29) is 12.6 Å². The van der Waals surface area contributed by atoms with Crippen molar-refractivity contribution in [3.63, 3.8) is 0 Å². The molecule has 1 atom stereocenters. The number of hydrogen-bond acceptors (Lipinski definition) is 4. The van der Waals surface area contributed by atoms with Crippen LogP contribution in [0.25, 0.3) is 0 Å². The van der Waals surface area contributed by atoms with E-state index in [1.807, 2.05) is 4.90 Å². The lowest BCUT2D eigenvalue weighted by Gasteiger charge is -2.34. The maximum Gasteiger partial charge on any atom is 0.416 e. The zero-order valence-corrected chi connectivity index (χ0v) is 13.4. The zero-order chi connectivity index (χ0) is 17.7. The van der Waals surface area contributed by atoms with Gasteiger partial charge in [-0.2, -0.15) is 13.2 Å². The number of hydrogen-bond donors (Lipinski definition) is 1. The van der Waals surface area contributed by atoms with Crippen molar-refractivity contribution in [2.45, 2.75) is 18.8 Å². The van der Waals surface area contributed by atoms with Crippen LogP contribution in [0.4, 0.5) is 13.2 Å². The average Bonchev–Trinajstić information content (AvgIpc) is 2.46. The van der Waals surface area contributed by atoms with Crippen LogP contribution in [0.2, 0.25) is 0 Å². The third-order valence-corrected chi connectivity index (χ3v) is 3.80. The molecule has 0 aliphatic carbocycles. The summed E-state index contributed by atoms with van der Waals surface area (Å²) in [5.41, 5.74) is -0.0460. The molecule has 2 rings (SSSR count). The molecule has 1 aliphatic rings. The van der Waals surface area contributed by atoms with Gasteiger partial charge >= 0.3 is 12.1 Å². The van der Waals surface area contributed by atoms with E-state index in [9.17, 15) is 18.0 Å². The molecule has 1 unspecified atom stereocenters. The van der Waals surface area contributed by atoms with Gasteiger partial charge in [0.05, 0.1) is 24.8 Å². The molecule has 1 aromatic rings. The van der Waals surface area contributed by atoms with Crippen molar-refractivity contribution < 1.29 is 27.8 Å². The predicted octanol–water partition coefficient (Wildman–Crippen LogP) is 1.92. The SMILES string of the molecule is CN(CC(=O)O)CC1CN(Cc2cccc(C(F)(F)F)c2)CCO1. The minimum atomic E-state index is -4.34. The first kappa shape index (κ1) is 18.7. The van der Waals surface area contributed by atoms with Gasteiger partial charge in [-0.15, -0.1) is 0 Å². The van der Waals surface area contributed by atoms with Crippen LogP contribution in [0.3, 0.4) is 0 Å².